The predicted octanol–water partition coefficient (Wildman–Crippen LogP) is 4.43. The second-order valence-electron chi connectivity index (χ2n) is 7.44. The lowest BCUT2D eigenvalue weighted by molar-refractivity contribution is -0.384. The number of nitro groups is 1. The van der Waals surface area contributed by atoms with Gasteiger partial charge in [-0.05, 0) is 27.8 Å². The van der Waals surface area contributed by atoms with E-state index in [-0.39, 0.29) is 12.1 Å². The molecule has 1 atom stereocenters. The number of nitrogens with zero attached hydrogens (tertiary/aromatic N) is 2. The highest BCUT2D eigenvalue weighted by Gasteiger charge is 2.42. The number of benzene rings is 3. The zero-order chi connectivity index (χ0) is 22.8. The fraction of sp³-hybridized carbons (Fsp3) is 0.167. The Kier molecular flexibility index (Phi) is 5.59. The molecule has 1 N–H and O–H groups in total. The van der Waals surface area contributed by atoms with E-state index in [1.54, 1.807) is 0 Å². The molecule has 8 nitrogen and oxygen atoms in total. The third-order valence-electron chi connectivity index (χ3n) is 5.66. The number of hydrogen-bond donors (Lipinski definition) is 1. The first-order valence-electron chi connectivity index (χ1n) is 9.93. The van der Waals surface area contributed by atoms with Gasteiger partial charge in [0.1, 0.15) is 6.04 Å². The maximum Gasteiger partial charge on any atom is 0.411 e. The molecule has 3 aromatic carbocycles. The van der Waals surface area contributed by atoms with E-state index in [0.717, 1.165) is 22.3 Å². The van der Waals surface area contributed by atoms with E-state index in [2.05, 4.69) is 0 Å². The van der Waals surface area contributed by atoms with E-state index in [9.17, 15) is 24.8 Å². The molecule has 162 valence electrons. The summed E-state index contributed by atoms with van der Waals surface area (Å²) >= 11 is 0. The highest BCUT2D eigenvalue weighted by molar-refractivity contribution is 5.85. The first-order chi connectivity index (χ1) is 15.4. The van der Waals surface area contributed by atoms with Crippen molar-refractivity contribution < 1.29 is 24.4 Å². The van der Waals surface area contributed by atoms with Crippen molar-refractivity contribution in [3.05, 3.63) is 99.6 Å². The molecule has 32 heavy (non-hydrogen) atoms. The number of ether oxygens (including phenoxy) is 1. The molecule has 1 aliphatic rings. The Hall–Kier alpha value is -4.20. The van der Waals surface area contributed by atoms with Crippen LogP contribution in [0.25, 0.3) is 11.1 Å². The molecule has 0 saturated carbocycles. The predicted molar refractivity (Wildman–Crippen MR) is 116 cm³/mol. The molecule has 1 aliphatic carbocycles. The van der Waals surface area contributed by atoms with Crippen molar-refractivity contribution in [1.29, 1.82) is 0 Å². The zero-order valence-corrected chi connectivity index (χ0v) is 17.2. The number of aliphatic carboxylic acids is 1. The van der Waals surface area contributed by atoms with E-state index in [4.69, 9.17) is 4.74 Å². The maximum atomic E-state index is 12.9. The first kappa shape index (κ1) is 21.0. The van der Waals surface area contributed by atoms with Crippen LogP contribution in [0.4, 0.5) is 10.5 Å². The lowest BCUT2D eigenvalue weighted by Gasteiger charge is -2.34. The fourth-order valence-corrected chi connectivity index (χ4v) is 4.23. The topological polar surface area (TPSA) is 110 Å². The molecule has 0 heterocycles. The molecule has 0 bridgehead atoms. The molecular formula is C24H20N2O6. The Balaban J connectivity index is 1.79. The number of methoxy groups -OCH3 is 1. The van der Waals surface area contributed by atoms with Crippen molar-refractivity contribution in [3.63, 3.8) is 0 Å². The number of fused-ring (bicyclic) bond motifs is 3. The maximum absolute atomic E-state index is 12.9. The Morgan fingerprint density at radius 3 is 2.00 bits per heavy atom. The molecule has 0 radical (unpaired) electrons. The number of carboxylic acid groups (broad SMARTS) is 1. The summed E-state index contributed by atoms with van der Waals surface area (Å²) in [6, 6.07) is 18.8. The minimum atomic E-state index is -1.26. The number of amides is 1. The summed E-state index contributed by atoms with van der Waals surface area (Å²) in [6.45, 7) is 0. The van der Waals surface area contributed by atoms with Crippen LogP contribution in [0.3, 0.4) is 0 Å². The standard InChI is InChI=1S/C24H20N2O6/c1-32-24(29)25(21(23(27)28)14-15-10-12-16(13-11-15)26(30)31)22-19-8-4-2-6-17(19)18-7-3-5-9-20(18)22/h2-13,21-22H,14H2,1H3,(H,27,28). The van der Waals surface area contributed by atoms with Crippen LogP contribution in [0, 0.1) is 10.1 Å². The smallest absolute Gasteiger partial charge is 0.411 e. The van der Waals surface area contributed by atoms with E-state index < -0.39 is 29.1 Å². The summed E-state index contributed by atoms with van der Waals surface area (Å²) < 4.78 is 5.01. The number of rotatable bonds is 6. The van der Waals surface area contributed by atoms with Gasteiger partial charge in [-0.15, -0.1) is 0 Å². The molecule has 0 saturated heterocycles. The monoisotopic (exact) mass is 432 g/mol. The molecule has 0 spiro atoms. The van der Waals surface area contributed by atoms with Crippen LogP contribution < -0.4 is 0 Å². The SMILES string of the molecule is COC(=O)N(C(Cc1ccc([N+](=O)[O-])cc1)C(=O)O)C1c2ccccc2-c2ccccc21. The second-order valence-corrected chi connectivity index (χ2v) is 7.44. The van der Waals surface area contributed by atoms with Crippen LogP contribution in [0.2, 0.25) is 0 Å². The van der Waals surface area contributed by atoms with Crippen molar-refractivity contribution in [2.24, 2.45) is 0 Å². The van der Waals surface area contributed by atoms with Gasteiger partial charge in [-0.2, -0.15) is 0 Å². The molecule has 8 heteroatoms. The zero-order valence-electron chi connectivity index (χ0n) is 17.2. The van der Waals surface area contributed by atoms with Gasteiger partial charge in [0.25, 0.3) is 5.69 Å². The number of non-ortho nitro benzene ring substituents is 1. The average Bonchev–Trinajstić information content (AvgIpc) is 3.13. The molecule has 0 fully saturated rings. The summed E-state index contributed by atoms with van der Waals surface area (Å²) in [7, 11) is 1.22. The van der Waals surface area contributed by atoms with Crippen LogP contribution in [0.1, 0.15) is 22.7 Å². The largest absolute Gasteiger partial charge is 0.480 e. The molecule has 0 aliphatic heterocycles. The van der Waals surface area contributed by atoms with Crippen LogP contribution in [0.15, 0.2) is 72.8 Å². The fourth-order valence-electron chi connectivity index (χ4n) is 4.23. The summed E-state index contributed by atoms with van der Waals surface area (Å²) in [6.07, 6.45) is -0.806. The van der Waals surface area contributed by atoms with E-state index >= 15 is 0 Å². The van der Waals surface area contributed by atoms with Crippen molar-refractivity contribution in [2.75, 3.05) is 7.11 Å². The average molecular weight is 432 g/mol. The Labute approximate surface area is 183 Å². The second kappa shape index (κ2) is 8.50. The molecule has 1 unspecified atom stereocenters. The summed E-state index contributed by atoms with van der Waals surface area (Å²) in [5.74, 6) is -1.20. The lowest BCUT2D eigenvalue weighted by atomic mass is 9.98. The van der Waals surface area contributed by atoms with Crippen LogP contribution in [0.5, 0.6) is 0 Å². The number of carbonyl (C=O) groups is 2. The van der Waals surface area contributed by atoms with Crippen LogP contribution in [-0.2, 0) is 16.0 Å². The van der Waals surface area contributed by atoms with E-state index in [0.29, 0.717) is 5.56 Å². The Bertz CT molecular complexity index is 1150. The van der Waals surface area contributed by atoms with E-state index in [1.807, 2.05) is 48.5 Å². The van der Waals surface area contributed by atoms with Crippen LogP contribution in [-0.4, -0.2) is 40.1 Å². The molecule has 0 aromatic heterocycles. The van der Waals surface area contributed by atoms with Crippen molar-refractivity contribution in [2.45, 2.75) is 18.5 Å². The minimum absolute atomic E-state index is 0.0384. The van der Waals surface area contributed by atoms with Gasteiger partial charge in [0.05, 0.1) is 18.1 Å². The minimum Gasteiger partial charge on any atom is -0.480 e. The highest BCUT2D eigenvalue weighted by Crippen LogP contribution is 2.47. The third-order valence-corrected chi connectivity index (χ3v) is 5.66. The third kappa shape index (κ3) is 3.66. The van der Waals surface area contributed by atoms with Gasteiger partial charge in [-0.3, -0.25) is 15.0 Å². The van der Waals surface area contributed by atoms with Gasteiger partial charge in [-0.1, -0.05) is 60.7 Å². The van der Waals surface area contributed by atoms with Gasteiger partial charge < -0.3 is 9.84 Å². The van der Waals surface area contributed by atoms with Crippen molar-refractivity contribution in [1.82, 2.24) is 4.90 Å². The highest BCUT2D eigenvalue weighted by atomic mass is 16.6. The van der Waals surface area contributed by atoms with Crippen molar-refractivity contribution in [3.8, 4) is 11.1 Å². The van der Waals surface area contributed by atoms with Crippen molar-refractivity contribution >= 4 is 17.7 Å². The van der Waals surface area contributed by atoms with Gasteiger partial charge in [0.15, 0.2) is 0 Å². The Morgan fingerprint density at radius 2 is 1.53 bits per heavy atom. The summed E-state index contributed by atoms with van der Waals surface area (Å²) in [5, 5.41) is 21.0. The lowest BCUT2D eigenvalue weighted by Crippen LogP contribution is -2.48. The van der Waals surface area contributed by atoms with Gasteiger partial charge in [0, 0.05) is 18.6 Å². The molecular weight excluding hydrogens is 412 g/mol. The van der Waals surface area contributed by atoms with Gasteiger partial charge >= 0.3 is 12.1 Å². The molecule has 4 rings (SSSR count). The summed E-state index contributed by atoms with van der Waals surface area (Å²) in [5.41, 5.74) is 3.95. The molecule has 1 amide bonds. The quantitative estimate of drug-likeness (QED) is 0.456. The molecule has 3 aromatic rings. The van der Waals surface area contributed by atoms with Gasteiger partial charge in [-0.25, -0.2) is 9.59 Å². The van der Waals surface area contributed by atoms with Gasteiger partial charge in [0.2, 0.25) is 0 Å². The number of carbonyl (C=O) groups excluding carboxylic acids is 1. The number of carboxylic acids is 1. The Morgan fingerprint density at radius 1 is 1.00 bits per heavy atom. The van der Waals surface area contributed by atoms with E-state index in [1.165, 1.54) is 36.3 Å². The van der Waals surface area contributed by atoms with Crippen LogP contribution >= 0.6 is 0 Å². The summed E-state index contributed by atoms with van der Waals surface area (Å²) in [4.78, 5) is 37.0. The number of nitro benzene ring substituents is 1. The first-order valence-corrected chi connectivity index (χ1v) is 9.93. The normalized spacial score (nSPS) is 13.0. The number of hydrogen-bond acceptors (Lipinski definition) is 5.